The van der Waals surface area contributed by atoms with E-state index in [0.29, 0.717) is 0 Å². The fraction of sp³-hybridized carbons (Fsp3) is 0.947. The van der Waals surface area contributed by atoms with Crippen LogP contribution >= 0.6 is 12.2 Å². The van der Waals surface area contributed by atoms with E-state index in [0.717, 1.165) is 4.90 Å². The van der Waals surface area contributed by atoms with Crippen molar-refractivity contribution < 1.29 is 76.6 Å². The SMILES string of the molecule is OCC(O)C(O)C(O)C(O)CNC(=S)N(CC(O)C(O)C(O)C(O)CO)CC(O)C(O)C(O)C(O)CO. The quantitative estimate of drug-likeness (QED) is 0.0682. The lowest BCUT2D eigenvalue weighted by molar-refractivity contribution is -0.126. The molecule has 0 saturated heterocycles. The van der Waals surface area contributed by atoms with Crippen molar-refractivity contribution in [1.82, 2.24) is 10.2 Å². The lowest BCUT2D eigenvalue weighted by Crippen LogP contribution is -2.57. The first-order valence-corrected chi connectivity index (χ1v) is 11.6. The third kappa shape index (κ3) is 11.4. The Morgan fingerprint density at radius 2 is 0.757 bits per heavy atom. The zero-order chi connectivity index (χ0) is 29.0. The lowest BCUT2D eigenvalue weighted by Gasteiger charge is -2.35. The smallest absolute Gasteiger partial charge is 0.169 e. The molecule has 0 saturated carbocycles. The number of aliphatic hydroxyl groups is 15. The van der Waals surface area contributed by atoms with Crippen molar-refractivity contribution in [1.29, 1.82) is 0 Å². The van der Waals surface area contributed by atoms with Crippen molar-refractivity contribution in [3.63, 3.8) is 0 Å². The maximum absolute atomic E-state index is 10.3. The van der Waals surface area contributed by atoms with Crippen molar-refractivity contribution >= 4 is 17.3 Å². The van der Waals surface area contributed by atoms with E-state index < -0.39 is 118 Å². The summed E-state index contributed by atoms with van der Waals surface area (Å²) in [5.74, 6) is 0. The van der Waals surface area contributed by atoms with Gasteiger partial charge in [-0.1, -0.05) is 0 Å². The summed E-state index contributed by atoms with van der Waals surface area (Å²) in [6.45, 7) is -4.90. The molecule has 18 heteroatoms. The molecule has 17 nitrogen and oxygen atoms in total. The van der Waals surface area contributed by atoms with E-state index in [-0.39, 0.29) is 0 Å². The van der Waals surface area contributed by atoms with Gasteiger partial charge in [0, 0.05) is 19.6 Å². The van der Waals surface area contributed by atoms with Crippen molar-refractivity contribution in [2.45, 2.75) is 73.2 Å². The highest BCUT2D eigenvalue weighted by molar-refractivity contribution is 7.80. The van der Waals surface area contributed by atoms with Crippen LogP contribution in [0.25, 0.3) is 0 Å². The van der Waals surface area contributed by atoms with Gasteiger partial charge in [-0.25, -0.2) is 0 Å². The second-order valence-corrected chi connectivity index (χ2v) is 8.87. The van der Waals surface area contributed by atoms with E-state index >= 15 is 0 Å². The molecular formula is C19H40N2O15S. The van der Waals surface area contributed by atoms with E-state index in [1.165, 1.54) is 0 Å². The molecule has 0 heterocycles. The Hall–Kier alpha value is -0.910. The number of thiocarbonyl (C=S) groups is 1. The zero-order valence-corrected chi connectivity index (χ0v) is 20.6. The van der Waals surface area contributed by atoms with Crippen molar-refractivity contribution in [3.05, 3.63) is 0 Å². The van der Waals surface area contributed by atoms with Gasteiger partial charge in [-0.3, -0.25) is 0 Å². The molecule has 0 aliphatic carbocycles. The van der Waals surface area contributed by atoms with Crippen LogP contribution in [0.5, 0.6) is 0 Å². The topological polar surface area (TPSA) is 319 Å². The summed E-state index contributed by atoms with van der Waals surface area (Å²) in [6.07, 6.45) is -23.1. The van der Waals surface area contributed by atoms with Gasteiger partial charge in [-0.15, -0.1) is 0 Å². The molecule has 37 heavy (non-hydrogen) atoms. The van der Waals surface area contributed by atoms with Crippen LogP contribution in [0, 0.1) is 0 Å². The number of nitrogens with zero attached hydrogens (tertiary/aromatic N) is 1. The molecule has 0 aliphatic rings. The number of hydrogen-bond donors (Lipinski definition) is 16. The first-order valence-electron chi connectivity index (χ1n) is 11.2. The van der Waals surface area contributed by atoms with Crippen LogP contribution < -0.4 is 5.32 Å². The predicted octanol–water partition coefficient (Wildman–Crippen LogP) is -9.53. The molecule has 0 spiro atoms. The minimum Gasteiger partial charge on any atom is -0.394 e. The second kappa shape index (κ2) is 17.6. The fourth-order valence-electron chi connectivity index (χ4n) is 3.02. The van der Waals surface area contributed by atoms with Gasteiger partial charge in [0.1, 0.15) is 67.1 Å². The van der Waals surface area contributed by atoms with Gasteiger partial charge < -0.3 is 86.8 Å². The van der Waals surface area contributed by atoms with Gasteiger partial charge in [0.15, 0.2) is 5.11 Å². The van der Waals surface area contributed by atoms with E-state index in [2.05, 4.69) is 5.32 Å². The molecule has 0 fully saturated rings. The Balaban J connectivity index is 5.55. The molecule has 0 aromatic heterocycles. The van der Waals surface area contributed by atoms with E-state index in [1.807, 2.05) is 0 Å². The molecule has 0 bridgehead atoms. The highest BCUT2D eigenvalue weighted by Crippen LogP contribution is 2.12. The highest BCUT2D eigenvalue weighted by Gasteiger charge is 2.35. The Bertz CT molecular complexity index is 610. The Morgan fingerprint density at radius 1 is 0.486 bits per heavy atom. The number of rotatable bonds is 18. The summed E-state index contributed by atoms with van der Waals surface area (Å²) >= 11 is 5.09. The summed E-state index contributed by atoms with van der Waals surface area (Å²) in [5.41, 5.74) is 0. The Labute approximate surface area is 217 Å². The lowest BCUT2D eigenvalue weighted by atomic mass is 10.0. The average molecular weight is 569 g/mol. The van der Waals surface area contributed by atoms with Gasteiger partial charge >= 0.3 is 0 Å². The normalized spacial score (nSPS) is 21.9. The number of hydrogen-bond acceptors (Lipinski definition) is 16. The molecule has 0 aliphatic heterocycles. The summed E-state index contributed by atoms with van der Waals surface area (Å²) in [6, 6.07) is 0. The molecule has 0 aromatic rings. The van der Waals surface area contributed by atoms with Crippen LogP contribution in [0.1, 0.15) is 0 Å². The van der Waals surface area contributed by atoms with Crippen LogP contribution in [0.15, 0.2) is 0 Å². The largest absolute Gasteiger partial charge is 0.394 e. The maximum atomic E-state index is 10.3. The minimum atomic E-state index is -2.06. The molecule has 0 amide bonds. The third-order valence-electron chi connectivity index (χ3n) is 5.54. The van der Waals surface area contributed by atoms with Crippen LogP contribution in [-0.4, -0.2) is 199 Å². The van der Waals surface area contributed by atoms with Crippen molar-refractivity contribution in [3.8, 4) is 0 Å². The Morgan fingerprint density at radius 3 is 1.05 bits per heavy atom. The van der Waals surface area contributed by atoms with Gasteiger partial charge in [0.25, 0.3) is 0 Å². The van der Waals surface area contributed by atoms with Gasteiger partial charge in [0.05, 0.1) is 25.9 Å². The summed E-state index contributed by atoms with van der Waals surface area (Å²) < 4.78 is 0. The van der Waals surface area contributed by atoms with Gasteiger partial charge in [0.2, 0.25) is 0 Å². The summed E-state index contributed by atoms with van der Waals surface area (Å²) in [5, 5.41) is 147. The minimum absolute atomic E-state index is 0.421. The van der Waals surface area contributed by atoms with Crippen LogP contribution in [-0.2, 0) is 0 Å². The molecular weight excluding hydrogens is 528 g/mol. The highest BCUT2D eigenvalue weighted by atomic mass is 32.1. The van der Waals surface area contributed by atoms with Crippen LogP contribution in [0.2, 0.25) is 0 Å². The standard InChI is InChI=1S/C19H40N2O15S/c22-4-10(28)16(34)13(31)7(25)1-20-19(37)21(2-8(26)14(32)17(35)11(29)5-23)3-9(27)15(33)18(36)12(30)6-24/h7-18,22-36H,1-6H2,(H,20,37). The predicted molar refractivity (Wildman–Crippen MR) is 126 cm³/mol. The summed E-state index contributed by atoms with van der Waals surface area (Å²) in [7, 11) is 0. The monoisotopic (exact) mass is 568 g/mol. The third-order valence-corrected chi connectivity index (χ3v) is 5.94. The molecule has 16 N–H and O–H groups in total. The van der Waals surface area contributed by atoms with Gasteiger partial charge in [-0.2, -0.15) is 0 Å². The average Bonchev–Trinajstić information content (AvgIpc) is 2.90. The maximum Gasteiger partial charge on any atom is 0.169 e. The zero-order valence-electron chi connectivity index (χ0n) is 19.7. The molecule has 12 atom stereocenters. The molecule has 0 radical (unpaired) electrons. The fourth-order valence-corrected chi connectivity index (χ4v) is 3.25. The van der Waals surface area contributed by atoms with Crippen LogP contribution in [0.3, 0.4) is 0 Å². The van der Waals surface area contributed by atoms with Crippen molar-refractivity contribution in [2.24, 2.45) is 0 Å². The second-order valence-electron chi connectivity index (χ2n) is 8.49. The first kappa shape index (κ1) is 36.1. The van der Waals surface area contributed by atoms with Crippen molar-refractivity contribution in [2.75, 3.05) is 39.5 Å². The number of nitrogens with one attached hydrogen (secondary N) is 1. The Kier molecular flexibility index (Phi) is 17.2. The molecule has 0 rings (SSSR count). The molecule has 12 unspecified atom stereocenters. The summed E-state index contributed by atoms with van der Waals surface area (Å²) in [4.78, 5) is 0.866. The molecule has 0 aromatic carbocycles. The number of aliphatic hydroxyl groups excluding tert-OH is 15. The van der Waals surface area contributed by atoms with Gasteiger partial charge in [-0.05, 0) is 12.2 Å². The van der Waals surface area contributed by atoms with E-state index in [1.54, 1.807) is 0 Å². The first-order chi connectivity index (χ1) is 17.1. The molecule has 222 valence electrons. The van der Waals surface area contributed by atoms with E-state index in [9.17, 15) is 61.3 Å². The van der Waals surface area contributed by atoms with Crippen LogP contribution in [0.4, 0.5) is 0 Å². The van der Waals surface area contributed by atoms with E-state index in [4.69, 9.17) is 27.5 Å².